The third-order valence-electron chi connectivity index (χ3n) is 3.90. The Morgan fingerprint density at radius 1 is 1.45 bits per heavy atom. The molecule has 0 radical (unpaired) electrons. The van der Waals surface area contributed by atoms with Crippen LogP contribution in [0.3, 0.4) is 0 Å². The molecule has 112 valence electrons. The van der Waals surface area contributed by atoms with Gasteiger partial charge in [-0.3, -0.25) is 0 Å². The molecule has 1 saturated carbocycles. The molecule has 0 heterocycles. The molecule has 1 aromatic rings. The van der Waals surface area contributed by atoms with Crippen molar-refractivity contribution in [3.8, 4) is 0 Å². The highest BCUT2D eigenvalue weighted by Crippen LogP contribution is 2.32. The Morgan fingerprint density at radius 2 is 2.10 bits per heavy atom. The van der Waals surface area contributed by atoms with Crippen LogP contribution in [0.4, 0.5) is 4.39 Å². The van der Waals surface area contributed by atoms with Crippen LogP contribution in [0.15, 0.2) is 23.1 Å². The molecule has 1 aromatic carbocycles. The van der Waals surface area contributed by atoms with Crippen molar-refractivity contribution < 1.29 is 17.9 Å². The summed E-state index contributed by atoms with van der Waals surface area (Å²) in [5.74, 6) is -0.415. The minimum Gasteiger partial charge on any atom is -0.393 e. The van der Waals surface area contributed by atoms with Crippen molar-refractivity contribution in [2.45, 2.75) is 50.2 Å². The second-order valence-corrected chi connectivity index (χ2v) is 7.11. The van der Waals surface area contributed by atoms with E-state index in [-0.39, 0.29) is 23.0 Å². The van der Waals surface area contributed by atoms with E-state index in [9.17, 15) is 17.9 Å². The van der Waals surface area contributed by atoms with Gasteiger partial charge in [-0.1, -0.05) is 13.0 Å². The molecule has 0 aliphatic heterocycles. The summed E-state index contributed by atoms with van der Waals surface area (Å²) in [5.41, 5.74) is 0.516. The summed E-state index contributed by atoms with van der Waals surface area (Å²) in [6.45, 7) is 3.54. The van der Waals surface area contributed by atoms with Crippen molar-refractivity contribution in [1.82, 2.24) is 4.72 Å². The number of aliphatic hydroxyl groups is 1. The monoisotopic (exact) mass is 301 g/mol. The molecular weight excluding hydrogens is 281 g/mol. The van der Waals surface area contributed by atoms with Gasteiger partial charge in [-0.15, -0.1) is 0 Å². The molecule has 20 heavy (non-hydrogen) atoms. The number of hydrogen-bond acceptors (Lipinski definition) is 3. The predicted octanol–water partition coefficient (Wildman–Crippen LogP) is 1.96. The highest BCUT2D eigenvalue weighted by atomic mass is 32.2. The van der Waals surface area contributed by atoms with E-state index in [1.54, 1.807) is 6.92 Å². The van der Waals surface area contributed by atoms with Crippen LogP contribution < -0.4 is 4.72 Å². The number of halogens is 1. The Bertz CT molecular complexity index is 582. The lowest BCUT2D eigenvalue weighted by Crippen LogP contribution is -2.46. The average Bonchev–Trinajstić information content (AvgIpc) is 2.35. The Kier molecular flexibility index (Phi) is 4.46. The standard InChI is InChI=1S/C14H20FNO3S/c1-3-13(10-6-12(17)7-10)16-20(18,19)14-8-11(15)5-4-9(14)2/h4-5,8,10,12-13,16-17H,3,6-7H2,1-2H3/t10?,12?,13-/m1/s1. The zero-order valence-corrected chi connectivity index (χ0v) is 12.5. The van der Waals surface area contributed by atoms with Crippen LogP contribution in [0, 0.1) is 18.7 Å². The molecule has 0 spiro atoms. The average molecular weight is 301 g/mol. The van der Waals surface area contributed by atoms with E-state index in [0.717, 1.165) is 6.07 Å². The molecule has 0 amide bonds. The van der Waals surface area contributed by atoms with E-state index in [1.165, 1.54) is 12.1 Å². The van der Waals surface area contributed by atoms with Crippen LogP contribution in [0.5, 0.6) is 0 Å². The fraction of sp³-hybridized carbons (Fsp3) is 0.571. The van der Waals surface area contributed by atoms with Gasteiger partial charge in [0.05, 0.1) is 11.0 Å². The summed E-state index contributed by atoms with van der Waals surface area (Å²) in [4.78, 5) is -0.0178. The molecule has 2 N–H and O–H groups in total. The summed E-state index contributed by atoms with van der Waals surface area (Å²) in [5, 5.41) is 9.33. The van der Waals surface area contributed by atoms with E-state index in [0.29, 0.717) is 24.8 Å². The van der Waals surface area contributed by atoms with E-state index in [2.05, 4.69) is 4.72 Å². The Morgan fingerprint density at radius 3 is 2.65 bits per heavy atom. The zero-order valence-electron chi connectivity index (χ0n) is 11.6. The van der Waals surface area contributed by atoms with Crippen LogP contribution in [0.2, 0.25) is 0 Å². The minimum absolute atomic E-state index is 0.0178. The number of sulfonamides is 1. The summed E-state index contributed by atoms with van der Waals surface area (Å²) < 4.78 is 40.6. The summed E-state index contributed by atoms with van der Waals surface area (Å²) in [6, 6.07) is 3.53. The lowest BCUT2D eigenvalue weighted by Gasteiger charge is -2.37. The minimum atomic E-state index is -3.74. The molecule has 2 rings (SSSR count). The van der Waals surface area contributed by atoms with Gasteiger partial charge in [0.15, 0.2) is 0 Å². The molecule has 6 heteroatoms. The van der Waals surface area contributed by atoms with Crippen molar-refractivity contribution in [3.63, 3.8) is 0 Å². The second kappa shape index (κ2) is 5.79. The van der Waals surface area contributed by atoms with Gasteiger partial charge in [0.25, 0.3) is 0 Å². The normalized spacial score (nSPS) is 24.2. The van der Waals surface area contributed by atoms with Gasteiger partial charge in [0.2, 0.25) is 10.0 Å². The van der Waals surface area contributed by atoms with Crippen LogP contribution in [-0.4, -0.2) is 25.7 Å². The molecule has 1 fully saturated rings. The zero-order chi connectivity index (χ0) is 14.9. The first-order valence-electron chi connectivity index (χ1n) is 6.80. The van der Waals surface area contributed by atoms with Gasteiger partial charge >= 0.3 is 0 Å². The summed E-state index contributed by atoms with van der Waals surface area (Å²) in [6.07, 6.45) is 1.55. The first-order valence-corrected chi connectivity index (χ1v) is 8.28. The van der Waals surface area contributed by atoms with Crippen molar-refractivity contribution in [1.29, 1.82) is 0 Å². The molecule has 0 saturated heterocycles. The highest BCUT2D eigenvalue weighted by molar-refractivity contribution is 7.89. The number of rotatable bonds is 5. The first kappa shape index (κ1) is 15.4. The molecule has 1 aliphatic carbocycles. The van der Waals surface area contributed by atoms with Gasteiger partial charge in [-0.2, -0.15) is 0 Å². The van der Waals surface area contributed by atoms with Crippen LogP contribution in [0.25, 0.3) is 0 Å². The van der Waals surface area contributed by atoms with E-state index in [1.807, 2.05) is 6.92 Å². The van der Waals surface area contributed by atoms with Gasteiger partial charge < -0.3 is 5.11 Å². The second-order valence-electron chi connectivity index (χ2n) is 5.43. The Hall–Kier alpha value is -0.980. The van der Waals surface area contributed by atoms with Gasteiger partial charge in [-0.25, -0.2) is 17.5 Å². The fourth-order valence-corrected chi connectivity index (χ4v) is 4.24. The predicted molar refractivity (Wildman–Crippen MR) is 74.3 cm³/mol. The number of hydrogen-bond donors (Lipinski definition) is 2. The number of aryl methyl sites for hydroxylation is 1. The topological polar surface area (TPSA) is 66.4 Å². The maximum atomic E-state index is 13.3. The van der Waals surface area contributed by atoms with E-state index < -0.39 is 15.8 Å². The third kappa shape index (κ3) is 3.19. The highest BCUT2D eigenvalue weighted by Gasteiger charge is 2.35. The van der Waals surface area contributed by atoms with Gasteiger partial charge in [0.1, 0.15) is 5.82 Å². The van der Waals surface area contributed by atoms with Crippen molar-refractivity contribution in [3.05, 3.63) is 29.6 Å². The lowest BCUT2D eigenvalue weighted by atomic mass is 9.77. The van der Waals surface area contributed by atoms with Gasteiger partial charge in [0, 0.05) is 6.04 Å². The summed E-state index contributed by atoms with van der Waals surface area (Å²) in [7, 11) is -3.74. The number of aliphatic hydroxyl groups excluding tert-OH is 1. The Balaban J connectivity index is 2.19. The molecular formula is C14H20FNO3S. The molecule has 0 unspecified atom stereocenters. The van der Waals surface area contributed by atoms with Gasteiger partial charge in [-0.05, 0) is 49.8 Å². The van der Waals surface area contributed by atoms with E-state index in [4.69, 9.17) is 0 Å². The van der Waals surface area contributed by atoms with Crippen molar-refractivity contribution in [2.75, 3.05) is 0 Å². The largest absolute Gasteiger partial charge is 0.393 e. The number of benzene rings is 1. The molecule has 1 aliphatic rings. The van der Waals surface area contributed by atoms with Crippen molar-refractivity contribution in [2.24, 2.45) is 5.92 Å². The van der Waals surface area contributed by atoms with Crippen LogP contribution >= 0.6 is 0 Å². The maximum Gasteiger partial charge on any atom is 0.241 e. The quantitative estimate of drug-likeness (QED) is 0.873. The Labute approximate surface area is 119 Å². The third-order valence-corrected chi connectivity index (χ3v) is 5.54. The fourth-order valence-electron chi connectivity index (χ4n) is 2.60. The molecule has 4 nitrogen and oxygen atoms in total. The SMILES string of the molecule is CC[C@@H](NS(=O)(=O)c1cc(F)ccc1C)C1CC(O)C1. The van der Waals surface area contributed by atoms with Crippen molar-refractivity contribution >= 4 is 10.0 Å². The number of nitrogens with one attached hydrogen (secondary N) is 1. The maximum absolute atomic E-state index is 13.3. The molecule has 1 atom stereocenters. The van der Waals surface area contributed by atoms with Crippen LogP contribution in [0.1, 0.15) is 31.7 Å². The first-order chi connectivity index (χ1) is 9.33. The smallest absolute Gasteiger partial charge is 0.241 e. The lowest BCUT2D eigenvalue weighted by molar-refractivity contribution is 0.0277. The van der Waals surface area contributed by atoms with Crippen LogP contribution in [-0.2, 0) is 10.0 Å². The summed E-state index contributed by atoms with van der Waals surface area (Å²) >= 11 is 0. The molecule has 0 bridgehead atoms. The molecule has 0 aromatic heterocycles. The van der Waals surface area contributed by atoms with E-state index >= 15 is 0 Å².